The first-order chi connectivity index (χ1) is 12.5. The van der Waals surface area contributed by atoms with Gasteiger partial charge in [-0.05, 0) is 81.4 Å². The predicted octanol–water partition coefficient (Wildman–Crippen LogP) is 5.68. The van der Waals surface area contributed by atoms with Crippen molar-refractivity contribution < 1.29 is 4.52 Å². The van der Waals surface area contributed by atoms with Crippen molar-refractivity contribution in [2.75, 3.05) is 18.3 Å². The van der Waals surface area contributed by atoms with E-state index in [1.807, 2.05) is 0 Å². The summed E-state index contributed by atoms with van der Waals surface area (Å²) in [6.07, 6.45) is 8.40. The van der Waals surface area contributed by atoms with Crippen molar-refractivity contribution in [2.45, 2.75) is 64.0 Å². The summed E-state index contributed by atoms with van der Waals surface area (Å²) in [6, 6.07) is 11.5. The van der Waals surface area contributed by atoms with Crippen LogP contribution < -0.4 is 4.67 Å². The minimum atomic E-state index is -0.712. The van der Waals surface area contributed by atoms with E-state index in [0.717, 1.165) is 24.3 Å². The van der Waals surface area contributed by atoms with E-state index in [0.29, 0.717) is 12.0 Å². The quantitative estimate of drug-likeness (QED) is 0.633. The Kier molecular flexibility index (Phi) is 4.34. The lowest BCUT2D eigenvalue weighted by Crippen LogP contribution is -2.51. The van der Waals surface area contributed by atoms with Gasteiger partial charge in [0.25, 0.3) is 0 Å². The number of nitrogens with zero attached hydrogens (tertiary/aromatic N) is 2. The van der Waals surface area contributed by atoms with Gasteiger partial charge in [-0.1, -0.05) is 32.0 Å². The van der Waals surface area contributed by atoms with Crippen LogP contribution in [0.4, 0.5) is 5.69 Å². The molecule has 26 heavy (non-hydrogen) atoms. The second-order valence-electron chi connectivity index (χ2n) is 9.75. The minimum Gasteiger partial charge on any atom is -0.320 e. The van der Waals surface area contributed by atoms with Crippen molar-refractivity contribution in [1.82, 2.24) is 4.67 Å². The first-order valence-corrected chi connectivity index (χ1v) is 11.7. The molecule has 1 heterocycles. The van der Waals surface area contributed by atoms with E-state index in [1.165, 1.54) is 44.2 Å². The zero-order valence-electron chi connectivity index (χ0n) is 16.5. The molecule has 1 aromatic rings. The molecule has 1 saturated heterocycles. The standard InChI is InChI=1S/C22H33N2OP/c1-16(2)21-15-24(20-7-5-4-6-8-20)26(23(21)3)25-22-12-17-9-18(13-22)11-19(10-17)14-22/h4-8,16-19,21H,9-15H2,1-3H3/t17?,18?,19?,21-,22?,26?/m1/s1. The Labute approximate surface area is 160 Å². The average Bonchev–Trinajstić information content (AvgIpc) is 2.91. The van der Waals surface area contributed by atoms with E-state index >= 15 is 0 Å². The number of hydrogen-bond acceptors (Lipinski definition) is 3. The predicted molar refractivity (Wildman–Crippen MR) is 109 cm³/mol. The number of para-hydroxylation sites is 1. The first-order valence-electron chi connectivity index (χ1n) is 10.6. The third-order valence-corrected chi connectivity index (χ3v) is 9.59. The lowest BCUT2D eigenvalue weighted by molar-refractivity contribution is -0.105. The number of rotatable bonds is 4. The highest BCUT2D eigenvalue weighted by Gasteiger charge is 2.55. The summed E-state index contributed by atoms with van der Waals surface area (Å²) in [5, 5.41) is 0. The molecule has 1 unspecified atom stereocenters. The van der Waals surface area contributed by atoms with Gasteiger partial charge in [0.2, 0.25) is 8.45 Å². The summed E-state index contributed by atoms with van der Waals surface area (Å²) in [4.78, 5) is 0. The molecule has 0 aromatic heterocycles. The summed E-state index contributed by atoms with van der Waals surface area (Å²) in [7, 11) is 1.59. The third-order valence-electron chi connectivity index (χ3n) is 7.40. The Morgan fingerprint density at radius 2 is 1.58 bits per heavy atom. The lowest BCUT2D eigenvalue weighted by Gasteiger charge is -2.57. The molecule has 142 valence electrons. The van der Waals surface area contributed by atoms with Crippen molar-refractivity contribution in [2.24, 2.45) is 23.7 Å². The van der Waals surface area contributed by atoms with Gasteiger partial charge in [0, 0.05) is 18.3 Å². The highest BCUT2D eigenvalue weighted by atomic mass is 31.2. The summed E-state index contributed by atoms with van der Waals surface area (Å²) in [6.45, 7) is 5.80. The molecule has 5 aliphatic rings. The molecule has 4 aliphatic carbocycles. The molecule has 3 nitrogen and oxygen atoms in total. The molecule has 5 fully saturated rings. The lowest BCUT2D eigenvalue weighted by atomic mass is 9.54. The van der Waals surface area contributed by atoms with E-state index in [2.05, 4.69) is 60.6 Å². The van der Waals surface area contributed by atoms with Gasteiger partial charge in [0.1, 0.15) is 0 Å². The van der Waals surface area contributed by atoms with Crippen LogP contribution in [-0.2, 0) is 4.52 Å². The molecule has 1 aliphatic heterocycles. The average molecular weight is 372 g/mol. The van der Waals surface area contributed by atoms with Crippen LogP contribution in [0.1, 0.15) is 52.4 Å². The Balaban J connectivity index is 1.43. The number of benzene rings is 1. The monoisotopic (exact) mass is 372 g/mol. The fraction of sp³-hybridized carbons (Fsp3) is 0.727. The van der Waals surface area contributed by atoms with E-state index < -0.39 is 8.45 Å². The van der Waals surface area contributed by atoms with Gasteiger partial charge in [-0.25, -0.2) is 4.67 Å². The van der Waals surface area contributed by atoms with E-state index in [1.54, 1.807) is 0 Å². The third kappa shape index (κ3) is 2.91. The maximum atomic E-state index is 7.19. The summed E-state index contributed by atoms with van der Waals surface area (Å²) >= 11 is 0. The van der Waals surface area contributed by atoms with Crippen LogP contribution in [-0.4, -0.2) is 29.9 Å². The highest BCUT2D eigenvalue weighted by Crippen LogP contribution is 2.64. The normalized spacial score (nSPS) is 42.2. The molecule has 0 N–H and O–H groups in total. The van der Waals surface area contributed by atoms with Crippen LogP contribution in [0.2, 0.25) is 0 Å². The van der Waals surface area contributed by atoms with Gasteiger partial charge >= 0.3 is 0 Å². The van der Waals surface area contributed by atoms with Crippen LogP contribution in [0.5, 0.6) is 0 Å². The van der Waals surface area contributed by atoms with Crippen LogP contribution >= 0.6 is 8.45 Å². The maximum absolute atomic E-state index is 7.19. The number of hydrogen-bond donors (Lipinski definition) is 0. The minimum absolute atomic E-state index is 0.174. The van der Waals surface area contributed by atoms with Crippen LogP contribution in [0.25, 0.3) is 0 Å². The topological polar surface area (TPSA) is 15.7 Å². The number of anilines is 1. The molecule has 1 aromatic carbocycles. The smallest absolute Gasteiger partial charge is 0.218 e. The summed E-state index contributed by atoms with van der Waals surface area (Å²) in [5.74, 6) is 3.47. The van der Waals surface area contributed by atoms with Gasteiger partial charge in [-0.2, -0.15) is 0 Å². The van der Waals surface area contributed by atoms with Gasteiger partial charge in [-0.15, -0.1) is 0 Å². The zero-order valence-corrected chi connectivity index (χ0v) is 17.4. The molecule has 4 bridgehead atoms. The Hall–Kier alpha value is -0.630. The molecule has 0 amide bonds. The van der Waals surface area contributed by atoms with Gasteiger partial charge < -0.3 is 9.19 Å². The zero-order chi connectivity index (χ0) is 17.9. The fourth-order valence-corrected chi connectivity index (χ4v) is 8.91. The van der Waals surface area contributed by atoms with Crippen molar-refractivity contribution in [3.63, 3.8) is 0 Å². The molecule has 6 rings (SSSR count). The van der Waals surface area contributed by atoms with Crippen molar-refractivity contribution in [3.05, 3.63) is 30.3 Å². The first kappa shape index (κ1) is 17.5. The Morgan fingerprint density at radius 1 is 1.00 bits per heavy atom. The van der Waals surface area contributed by atoms with E-state index in [9.17, 15) is 0 Å². The van der Waals surface area contributed by atoms with Crippen molar-refractivity contribution in [3.8, 4) is 0 Å². The second kappa shape index (κ2) is 6.47. The molecule has 0 radical (unpaired) electrons. The fourth-order valence-electron chi connectivity index (χ4n) is 6.54. The largest absolute Gasteiger partial charge is 0.320 e. The molecular weight excluding hydrogens is 339 g/mol. The molecule has 4 heteroatoms. The maximum Gasteiger partial charge on any atom is 0.218 e. The van der Waals surface area contributed by atoms with Gasteiger partial charge in [0.15, 0.2) is 0 Å². The number of likely N-dealkylation sites (N-methyl/N-ethyl adjacent to an activating group) is 1. The van der Waals surface area contributed by atoms with Gasteiger partial charge in [0.05, 0.1) is 5.60 Å². The Morgan fingerprint density at radius 3 is 2.12 bits per heavy atom. The van der Waals surface area contributed by atoms with Gasteiger partial charge in [-0.3, -0.25) is 0 Å². The van der Waals surface area contributed by atoms with Crippen molar-refractivity contribution >= 4 is 14.1 Å². The van der Waals surface area contributed by atoms with E-state index in [4.69, 9.17) is 4.52 Å². The van der Waals surface area contributed by atoms with Crippen LogP contribution in [0.15, 0.2) is 30.3 Å². The SMILES string of the molecule is CC(C)[C@H]1CN(c2ccccc2)P(OC23CC4CC(CC(C4)C2)C3)N1C. The Bertz CT molecular complexity index is 614. The molecule has 2 atom stereocenters. The van der Waals surface area contributed by atoms with E-state index in [-0.39, 0.29) is 5.60 Å². The molecular formula is C22H33N2OP. The molecule has 4 saturated carbocycles. The van der Waals surface area contributed by atoms with Crippen molar-refractivity contribution in [1.29, 1.82) is 0 Å². The second-order valence-corrected chi connectivity index (χ2v) is 11.5. The van der Waals surface area contributed by atoms with Crippen LogP contribution in [0, 0.1) is 23.7 Å². The summed E-state index contributed by atoms with van der Waals surface area (Å²) in [5.41, 5.74) is 1.51. The van der Waals surface area contributed by atoms with Crippen LogP contribution in [0.3, 0.4) is 0 Å². The summed E-state index contributed by atoms with van der Waals surface area (Å²) < 4.78 is 12.3. The highest BCUT2D eigenvalue weighted by molar-refractivity contribution is 7.52. The molecule has 0 spiro atoms.